The molecule has 0 radical (unpaired) electrons. The lowest BCUT2D eigenvalue weighted by Gasteiger charge is -2.13. The quantitative estimate of drug-likeness (QED) is 0.428. The second-order valence-corrected chi connectivity index (χ2v) is 2.95. The topological polar surface area (TPSA) is 118 Å². The van der Waals surface area contributed by atoms with Crippen molar-refractivity contribution < 1.29 is 14.7 Å². The normalized spacial score (nSPS) is 11.3. The molecule has 0 fully saturated rings. The second-order valence-electron chi connectivity index (χ2n) is 2.95. The Labute approximate surface area is 94.8 Å². The standard InChI is InChI=1S/C8H17N3O3.ClH/c9-4-2-1-3-6(8(13)14)11-7(12)5-10;/h6H,1-5,9-10H2,(H,11,12)(H,13,14);1H. The van der Waals surface area contributed by atoms with Gasteiger partial charge < -0.3 is 21.9 Å². The number of hydrogen-bond donors (Lipinski definition) is 4. The Morgan fingerprint density at radius 1 is 1.27 bits per heavy atom. The molecule has 90 valence electrons. The number of amides is 1. The molecular weight excluding hydrogens is 222 g/mol. The molecule has 0 aliphatic heterocycles. The van der Waals surface area contributed by atoms with E-state index in [1.807, 2.05) is 0 Å². The minimum absolute atomic E-state index is 0. The highest BCUT2D eigenvalue weighted by Gasteiger charge is 2.18. The van der Waals surface area contributed by atoms with E-state index in [9.17, 15) is 9.59 Å². The van der Waals surface area contributed by atoms with E-state index in [2.05, 4.69) is 5.32 Å². The van der Waals surface area contributed by atoms with Gasteiger partial charge >= 0.3 is 5.97 Å². The van der Waals surface area contributed by atoms with Crippen molar-refractivity contribution in [1.29, 1.82) is 0 Å². The van der Waals surface area contributed by atoms with Crippen LogP contribution in [-0.2, 0) is 9.59 Å². The highest BCUT2D eigenvalue weighted by Crippen LogP contribution is 2.00. The molecule has 1 amide bonds. The van der Waals surface area contributed by atoms with Crippen molar-refractivity contribution in [3.63, 3.8) is 0 Å². The van der Waals surface area contributed by atoms with E-state index in [0.717, 1.165) is 6.42 Å². The molecule has 0 heterocycles. The van der Waals surface area contributed by atoms with Gasteiger partial charge in [0.25, 0.3) is 0 Å². The SMILES string of the molecule is Cl.NCCCCC(NC(=O)CN)C(=O)O. The van der Waals surface area contributed by atoms with Crippen LogP contribution in [0.25, 0.3) is 0 Å². The number of rotatable bonds is 7. The van der Waals surface area contributed by atoms with E-state index < -0.39 is 17.9 Å². The molecule has 6 nitrogen and oxygen atoms in total. The lowest BCUT2D eigenvalue weighted by molar-refractivity contribution is -0.141. The molecule has 0 aromatic carbocycles. The predicted octanol–water partition coefficient (Wildman–Crippen LogP) is -0.935. The van der Waals surface area contributed by atoms with Gasteiger partial charge in [0.15, 0.2) is 0 Å². The van der Waals surface area contributed by atoms with Crippen LogP contribution in [0.4, 0.5) is 0 Å². The van der Waals surface area contributed by atoms with Gasteiger partial charge in [-0.25, -0.2) is 4.79 Å². The largest absolute Gasteiger partial charge is 0.480 e. The first-order valence-corrected chi connectivity index (χ1v) is 4.54. The van der Waals surface area contributed by atoms with Gasteiger partial charge in [0.1, 0.15) is 6.04 Å². The van der Waals surface area contributed by atoms with E-state index >= 15 is 0 Å². The second kappa shape index (κ2) is 9.70. The van der Waals surface area contributed by atoms with Crippen molar-refractivity contribution in [2.45, 2.75) is 25.3 Å². The molecular formula is C8H18ClN3O3. The highest BCUT2D eigenvalue weighted by molar-refractivity contribution is 5.85. The molecule has 0 aliphatic carbocycles. The van der Waals surface area contributed by atoms with E-state index in [0.29, 0.717) is 19.4 Å². The van der Waals surface area contributed by atoms with Crippen LogP contribution >= 0.6 is 12.4 Å². The third-order valence-electron chi connectivity index (χ3n) is 1.77. The van der Waals surface area contributed by atoms with Gasteiger partial charge in [-0.05, 0) is 25.8 Å². The molecule has 0 saturated heterocycles. The number of aliphatic carboxylic acids is 1. The van der Waals surface area contributed by atoms with Gasteiger partial charge in [-0.2, -0.15) is 0 Å². The van der Waals surface area contributed by atoms with Crippen LogP contribution in [0, 0.1) is 0 Å². The summed E-state index contributed by atoms with van der Waals surface area (Å²) in [4.78, 5) is 21.5. The molecule has 0 aromatic rings. The zero-order chi connectivity index (χ0) is 11.0. The van der Waals surface area contributed by atoms with Crippen molar-refractivity contribution in [2.24, 2.45) is 11.5 Å². The minimum atomic E-state index is -1.04. The zero-order valence-electron chi connectivity index (χ0n) is 8.44. The van der Waals surface area contributed by atoms with Crippen LogP contribution in [0.5, 0.6) is 0 Å². The van der Waals surface area contributed by atoms with Crippen molar-refractivity contribution in [2.75, 3.05) is 13.1 Å². The summed E-state index contributed by atoms with van der Waals surface area (Å²) in [5, 5.41) is 11.1. The van der Waals surface area contributed by atoms with Crippen LogP contribution in [-0.4, -0.2) is 36.1 Å². The number of unbranched alkanes of at least 4 members (excludes halogenated alkanes) is 1. The molecule has 0 rings (SSSR count). The Kier molecular flexibility index (Phi) is 10.7. The average Bonchev–Trinajstić information content (AvgIpc) is 2.16. The molecule has 7 heteroatoms. The summed E-state index contributed by atoms with van der Waals surface area (Å²) in [7, 11) is 0. The Balaban J connectivity index is 0. The molecule has 15 heavy (non-hydrogen) atoms. The number of nitrogens with two attached hydrogens (primary N) is 2. The number of hydrogen-bond acceptors (Lipinski definition) is 4. The van der Waals surface area contributed by atoms with E-state index in [1.165, 1.54) is 0 Å². The van der Waals surface area contributed by atoms with Crippen LogP contribution in [0.3, 0.4) is 0 Å². The first kappa shape index (κ1) is 16.6. The van der Waals surface area contributed by atoms with Crippen LogP contribution in [0.15, 0.2) is 0 Å². The van der Waals surface area contributed by atoms with Crippen LogP contribution < -0.4 is 16.8 Å². The monoisotopic (exact) mass is 239 g/mol. The van der Waals surface area contributed by atoms with Crippen molar-refractivity contribution in [1.82, 2.24) is 5.32 Å². The van der Waals surface area contributed by atoms with Crippen molar-refractivity contribution in [3.8, 4) is 0 Å². The first-order valence-electron chi connectivity index (χ1n) is 4.54. The summed E-state index contributed by atoms with van der Waals surface area (Å²) >= 11 is 0. The molecule has 0 aromatic heterocycles. The number of nitrogens with one attached hydrogen (secondary N) is 1. The van der Waals surface area contributed by atoms with Gasteiger partial charge in [0.05, 0.1) is 6.54 Å². The summed E-state index contributed by atoms with van der Waals surface area (Å²) in [6.07, 6.45) is 1.82. The average molecular weight is 240 g/mol. The summed E-state index contributed by atoms with van der Waals surface area (Å²) in [6.45, 7) is 0.331. The molecule has 1 unspecified atom stereocenters. The van der Waals surface area contributed by atoms with E-state index in [1.54, 1.807) is 0 Å². The van der Waals surface area contributed by atoms with Gasteiger partial charge in [0, 0.05) is 0 Å². The zero-order valence-corrected chi connectivity index (χ0v) is 9.26. The van der Waals surface area contributed by atoms with Crippen LogP contribution in [0.2, 0.25) is 0 Å². The molecule has 0 saturated carbocycles. The molecule has 6 N–H and O–H groups in total. The summed E-state index contributed by atoms with van der Waals surface area (Å²) in [6, 6.07) is -0.849. The highest BCUT2D eigenvalue weighted by atomic mass is 35.5. The number of carbonyl (C=O) groups is 2. The van der Waals surface area contributed by atoms with Gasteiger partial charge in [-0.15, -0.1) is 12.4 Å². The van der Waals surface area contributed by atoms with Gasteiger partial charge in [-0.3, -0.25) is 4.79 Å². The van der Waals surface area contributed by atoms with Crippen molar-refractivity contribution in [3.05, 3.63) is 0 Å². The third kappa shape index (κ3) is 8.17. The fourth-order valence-corrected chi connectivity index (χ4v) is 1.00. The number of carboxylic acids is 1. The molecule has 0 bridgehead atoms. The van der Waals surface area contributed by atoms with Crippen molar-refractivity contribution >= 4 is 24.3 Å². The maximum absolute atomic E-state index is 10.8. The summed E-state index contributed by atoms with van der Waals surface area (Å²) < 4.78 is 0. The fraction of sp³-hybridized carbons (Fsp3) is 0.750. The number of carbonyl (C=O) groups excluding carboxylic acids is 1. The van der Waals surface area contributed by atoms with E-state index in [-0.39, 0.29) is 19.0 Å². The molecule has 1 atom stereocenters. The lowest BCUT2D eigenvalue weighted by Crippen LogP contribution is -2.43. The number of halogens is 1. The van der Waals surface area contributed by atoms with E-state index in [4.69, 9.17) is 16.6 Å². The van der Waals surface area contributed by atoms with Crippen LogP contribution in [0.1, 0.15) is 19.3 Å². The first-order chi connectivity index (χ1) is 6.61. The minimum Gasteiger partial charge on any atom is -0.480 e. The maximum Gasteiger partial charge on any atom is 0.326 e. The maximum atomic E-state index is 10.8. The van der Waals surface area contributed by atoms with Gasteiger partial charge in [0.2, 0.25) is 5.91 Å². The Bertz CT molecular complexity index is 202. The Morgan fingerprint density at radius 2 is 1.87 bits per heavy atom. The molecule has 0 aliphatic rings. The number of carboxylic acid groups (broad SMARTS) is 1. The summed E-state index contributed by atoms with van der Waals surface area (Å²) in [5.74, 6) is -1.49. The Hall–Kier alpha value is -0.850. The summed E-state index contributed by atoms with van der Waals surface area (Å²) in [5.41, 5.74) is 10.3. The smallest absolute Gasteiger partial charge is 0.326 e. The fourth-order valence-electron chi connectivity index (χ4n) is 1.00. The van der Waals surface area contributed by atoms with Gasteiger partial charge in [-0.1, -0.05) is 0 Å². The molecule has 0 spiro atoms. The Morgan fingerprint density at radius 3 is 2.27 bits per heavy atom. The predicted molar refractivity (Wildman–Crippen MR) is 58.8 cm³/mol. The third-order valence-corrected chi connectivity index (χ3v) is 1.77. The lowest BCUT2D eigenvalue weighted by atomic mass is 10.1.